The highest BCUT2D eigenvalue weighted by Crippen LogP contribution is 2.52. The summed E-state index contributed by atoms with van der Waals surface area (Å²) in [5.74, 6) is 1.07. The Balaban J connectivity index is 2.30. The van der Waals surface area contributed by atoms with Crippen LogP contribution in [0.4, 0.5) is 0 Å². The molecule has 2 fully saturated rings. The van der Waals surface area contributed by atoms with Crippen molar-refractivity contribution in [2.24, 2.45) is 11.8 Å². The van der Waals surface area contributed by atoms with Crippen molar-refractivity contribution in [2.45, 2.75) is 31.3 Å². The summed E-state index contributed by atoms with van der Waals surface area (Å²) in [5, 5.41) is 9.98. The monoisotopic (exact) mass is 138 g/mol. The van der Waals surface area contributed by atoms with Gasteiger partial charge in [0.2, 0.25) is 0 Å². The van der Waals surface area contributed by atoms with Crippen LogP contribution in [-0.4, -0.2) is 10.7 Å². The molecule has 1 heteroatoms. The van der Waals surface area contributed by atoms with Crippen LogP contribution in [-0.2, 0) is 0 Å². The lowest BCUT2D eigenvalue weighted by molar-refractivity contribution is 0.0448. The molecule has 2 rings (SSSR count). The highest BCUT2D eigenvalue weighted by molar-refractivity contribution is 5.12. The summed E-state index contributed by atoms with van der Waals surface area (Å²) in [6.45, 7) is 3.71. The van der Waals surface area contributed by atoms with Crippen LogP contribution in [0.1, 0.15) is 25.7 Å². The van der Waals surface area contributed by atoms with E-state index in [0.29, 0.717) is 11.8 Å². The van der Waals surface area contributed by atoms with Gasteiger partial charge in [0.05, 0.1) is 5.60 Å². The topological polar surface area (TPSA) is 20.2 Å². The van der Waals surface area contributed by atoms with Gasteiger partial charge in [-0.15, -0.1) is 6.58 Å². The third-order valence-electron chi connectivity index (χ3n) is 3.36. The van der Waals surface area contributed by atoms with Gasteiger partial charge in [0.1, 0.15) is 0 Å². The van der Waals surface area contributed by atoms with E-state index in [1.54, 1.807) is 6.08 Å². The minimum Gasteiger partial charge on any atom is -0.385 e. The van der Waals surface area contributed by atoms with Crippen molar-refractivity contribution in [1.82, 2.24) is 0 Å². The van der Waals surface area contributed by atoms with Crippen LogP contribution in [0.2, 0.25) is 0 Å². The Morgan fingerprint density at radius 2 is 1.60 bits per heavy atom. The highest BCUT2D eigenvalue weighted by Gasteiger charge is 2.51. The van der Waals surface area contributed by atoms with Crippen molar-refractivity contribution in [3.8, 4) is 0 Å². The van der Waals surface area contributed by atoms with Crippen molar-refractivity contribution in [2.75, 3.05) is 0 Å². The molecule has 0 spiro atoms. The lowest BCUT2D eigenvalue weighted by atomic mass is 9.92. The first-order valence-corrected chi connectivity index (χ1v) is 4.13. The average molecular weight is 138 g/mol. The second kappa shape index (κ2) is 1.85. The summed E-state index contributed by atoms with van der Waals surface area (Å²) < 4.78 is 0. The molecule has 0 saturated heterocycles. The van der Waals surface area contributed by atoms with E-state index >= 15 is 0 Å². The lowest BCUT2D eigenvalue weighted by Crippen LogP contribution is -2.30. The molecule has 0 amide bonds. The first kappa shape index (κ1) is 6.41. The fraction of sp³-hybridized carbons (Fsp3) is 0.778. The maximum Gasteiger partial charge on any atom is 0.0881 e. The summed E-state index contributed by atoms with van der Waals surface area (Å²) in [4.78, 5) is 0. The summed E-state index contributed by atoms with van der Waals surface area (Å²) in [5.41, 5.74) is -0.472. The third-order valence-corrected chi connectivity index (χ3v) is 3.36. The minimum atomic E-state index is -0.472. The first-order chi connectivity index (χ1) is 4.77. The SMILES string of the molecule is C=CC1(O)C2CCC1CC2. The summed E-state index contributed by atoms with van der Waals surface area (Å²) in [6.07, 6.45) is 6.63. The molecule has 1 N–H and O–H groups in total. The molecule has 0 atom stereocenters. The molecular formula is C9H14O. The maximum atomic E-state index is 9.98. The fourth-order valence-electron chi connectivity index (χ4n) is 2.68. The first-order valence-electron chi connectivity index (χ1n) is 4.13. The molecule has 56 valence electrons. The van der Waals surface area contributed by atoms with Gasteiger partial charge >= 0.3 is 0 Å². The normalized spacial score (nSPS) is 51.7. The van der Waals surface area contributed by atoms with Crippen LogP contribution in [0.25, 0.3) is 0 Å². The summed E-state index contributed by atoms with van der Waals surface area (Å²) >= 11 is 0. The molecule has 0 aromatic rings. The maximum absolute atomic E-state index is 9.98. The van der Waals surface area contributed by atoms with E-state index in [9.17, 15) is 5.11 Å². The third kappa shape index (κ3) is 0.567. The van der Waals surface area contributed by atoms with Crippen LogP contribution in [0.5, 0.6) is 0 Å². The molecule has 0 radical (unpaired) electrons. The predicted molar refractivity (Wildman–Crippen MR) is 40.6 cm³/mol. The molecule has 0 aliphatic heterocycles. The van der Waals surface area contributed by atoms with Crippen LogP contribution < -0.4 is 0 Å². The molecule has 2 bridgehead atoms. The number of rotatable bonds is 1. The molecule has 0 unspecified atom stereocenters. The van der Waals surface area contributed by atoms with Crippen molar-refractivity contribution in [3.63, 3.8) is 0 Å². The van der Waals surface area contributed by atoms with Gasteiger partial charge in [-0.25, -0.2) is 0 Å². The Morgan fingerprint density at radius 1 is 1.20 bits per heavy atom. The molecule has 0 aromatic heterocycles. The second-order valence-corrected chi connectivity index (χ2v) is 3.64. The Labute approximate surface area is 61.8 Å². The molecule has 10 heavy (non-hydrogen) atoms. The number of hydrogen-bond donors (Lipinski definition) is 1. The van der Waals surface area contributed by atoms with Crippen molar-refractivity contribution in [3.05, 3.63) is 12.7 Å². The Kier molecular flexibility index (Phi) is 1.19. The molecule has 1 nitrogen and oxygen atoms in total. The van der Waals surface area contributed by atoms with E-state index in [1.807, 2.05) is 0 Å². The molecule has 0 heterocycles. The van der Waals surface area contributed by atoms with E-state index < -0.39 is 5.60 Å². The number of aliphatic hydroxyl groups is 1. The van der Waals surface area contributed by atoms with Gasteiger partial charge in [-0.3, -0.25) is 0 Å². The van der Waals surface area contributed by atoms with Gasteiger partial charge in [0.15, 0.2) is 0 Å². The zero-order valence-corrected chi connectivity index (χ0v) is 6.21. The molecular weight excluding hydrogens is 124 g/mol. The van der Waals surface area contributed by atoms with E-state index in [1.165, 1.54) is 25.7 Å². The average Bonchev–Trinajstić information content (AvgIpc) is 2.46. The van der Waals surface area contributed by atoms with Gasteiger partial charge in [-0.1, -0.05) is 6.08 Å². The molecule has 2 saturated carbocycles. The zero-order chi connectivity index (χ0) is 7.19. The molecule has 2 aliphatic rings. The summed E-state index contributed by atoms with van der Waals surface area (Å²) in [6, 6.07) is 0. The van der Waals surface area contributed by atoms with Crippen LogP contribution in [0.15, 0.2) is 12.7 Å². The predicted octanol–water partition coefficient (Wildman–Crippen LogP) is 1.72. The number of fused-ring (bicyclic) bond motifs is 2. The lowest BCUT2D eigenvalue weighted by Gasteiger charge is -2.23. The van der Waals surface area contributed by atoms with Crippen molar-refractivity contribution >= 4 is 0 Å². The molecule has 2 aliphatic carbocycles. The van der Waals surface area contributed by atoms with Crippen molar-refractivity contribution in [1.29, 1.82) is 0 Å². The van der Waals surface area contributed by atoms with E-state index in [-0.39, 0.29) is 0 Å². The van der Waals surface area contributed by atoms with Gasteiger partial charge < -0.3 is 5.11 Å². The van der Waals surface area contributed by atoms with Crippen LogP contribution in [0.3, 0.4) is 0 Å². The van der Waals surface area contributed by atoms with E-state index in [4.69, 9.17) is 0 Å². The zero-order valence-electron chi connectivity index (χ0n) is 6.21. The Morgan fingerprint density at radius 3 is 1.80 bits per heavy atom. The Bertz CT molecular complexity index is 142. The second-order valence-electron chi connectivity index (χ2n) is 3.64. The van der Waals surface area contributed by atoms with Crippen LogP contribution in [0, 0.1) is 11.8 Å². The van der Waals surface area contributed by atoms with E-state index in [0.717, 1.165) is 0 Å². The van der Waals surface area contributed by atoms with Gasteiger partial charge in [0.25, 0.3) is 0 Å². The standard InChI is InChI=1S/C9H14O/c1-2-9(10)7-3-4-8(9)6-5-7/h2,7-8,10H,1,3-6H2. The summed E-state index contributed by atoms with van der Waals surface area (Å²) in [7, 11) is 0. The van der Waals surface area contributed by atoms with E-state index in [2.05, 4.69) is 6.58 Å². The van der Waals surface area contributed by atoms with Crippen LogP contribution >= 0.6 is 0 Å². The smallest absolute Gasteiger partial charge is 0.0881 e. The molecule has 0 aromatic carbocycles. The van der Waals surface area contributed by atoms with Gasteiger partial charge in [-0.2, -0.15) is 0 Å². The fourth-order valence-corrected chi connectivity index (χ4v) is 2.68. The highest BCUT2D eigenvalue weighted by atomic mass is 16.3. The number of hydrogen-bond acceptors (Lipinski definition) is 1. The largest absolute Gasteiger partial charge is 0.385 e. The quantitative estimate of drug-likeness (QED) is 0.547. The Hall–Kier alpha value is -0.300. The minimum absolute atomic E-state index is 0.472. The van der Waals surface area contributed by atoms with Crippen molar-refractivity contribution < 1.29 is 5.11 Å². The van der Waals surface area contributed by atoms with Gasteiger partial charge in [-0.05, 0) is 37.5 Å². The van der Waals surface area contributed by atoms with Gasteiger partial charge in [0, 0.05) is 0 Å².